The molecule has 5 heteroatoms. The first kappa shape index (κ1) is 33.5. The van der Waals surface area contributed by atoms with Gasteiger partial charge in [-0.15, -0.1) is 0 Å². The second-order valence-electron chi connectivity index (χ2n) is 15.7. The quantitative estimate of drug-likeness (QED) is 0.0885. The third-order valence-corrected chi connectivity index (χ3v) is 14.3. The van der Waals surface area contributed by atoms with Gasteiger partial charge in [-0.3, -0.25) is 0 Å². The lowest BCUT2D eigenvalue weighted by molar-refractivity contribution is 1.30. The number of hydrogen-bond acceptors (Lipinski definition) is 2. The van der Waals surface area contributed by atoms with Crippen molar-refractivity contribution in [2.24, 2.45) is 0 Å². The van der Waals surface area contributed by atoms with E-state index in [1.54, 1.807) is 0 Å². The predicted octanol–water partition coefficient (Wildman–Crippen LogP) is 13.2. The number of nitrogens with zero attached hydrogens (tertiary/aromatic N) is 3. The van der Waals surface area contributed by atoms with E-state index in [2.05, 4.69) is 187 Å². The Labute approximate surface area is 309 Å². The molecule has 0 bridgehead atoms. The zero-order valence-corrected chi connectivity index (χ0v) is 32.8. The first-order chi connectivity index (χ1) is 25.1. The molecule has 0 spiro atoms. The van der Waals surface area contributed by atoms with Crippen LogP contribution in [0.1, 0.15) is 0 Å². The van der Waals surface area contributed by atoms with Crippen LogP contribution in [0.25, 0.3) is 37.2 Å². The Kier molecular flexibility index (Phi) is 8.25. The maximum absolute atomic E-state index is 8.18. The van der Waals surface area contributed by atoms with Gasteiger partial charge in [-0.25, -0.2) is 4.85 Å². The first-order valence-corrected chi connectivity index (χ1v) is 25.1. The Hall–Kier alpha value is -5.68. The van der Waals surface area contributed by atoms with Crippen molar-refractivity contribution < 1.29 is 0 Å². The van der Waals surface area contributed by atoms with Crippen molar-refractivity contribution in [3.63, 3.8) is 0 Å². The molecular weight excluding hydrogens is 663 g/mol. The molecule has 3 nitrogen and oxygen atoms in total. The van der Waals surface area contributed by atoms with E-state index in [1.807, 2.05) is 18.2 Å². The third-order valence-electron chi connectivity index (χ3n) is 10.3. The van der Waals surface area contributed by atoms with Gasteiger partial charge in [0, 0.05) is 27.8 Å². The SMILES string of the molecule is [C-]#[N+]c1ccccc1N(c1ccccc1[Si](C)(C)C)c1ccc2ccc3c(N(c4ccccc4)c4ccccc4[Si](C)(C)C)ccc4ccc1c2c43. The Morgan fingerprint density at radius 3 is 1.35 bits per heavy atom. The largest absolute Gasteiger partial charge is 0.320 e. The van der Waals surface area contributed by atoms with E-state index in [9.17, 15) is 0 Å². The molecule has 52 heavy (non-hydrogen) atoms. The molecule has 254 valence electrons. The molecule has 0 radical (unpaired) electrons. The summed E-state index contributed by atoms with van der Waals surface area (Å²) in [6.45, 7) is 22.7. The summed E-state index contributed by atoms with van der Waals surface area (Å²) in [5, 5.41) is 10.1. The zero-order valence-electron chi connectivity index (χ0n) is 30.8. The molecule has 0 unspecified atom stereocenters. The van der Waals surface area contributed by atoms with Gasteiger partial charge in [0.25, 0.3) is 0 Å². The third kappa shape index (κ3) is 5.65. The molecule has 0 atom stereocenters. The van der Waals surface area contributed by atoms with Crippen LogP contribution in [0.15, 0.2) is 152 Å². The lowest BCUT2D eigenvalue weighted by Gasteiger charge is -2.33. The van der Waals surface area contributed by atoms with Gasteiger partial charge in [0.2, 0.25) is 5.69 Å². The second-order valence-corrected chi connectivity index (χ2v) is 25.8. The fraction of sp³-hybridized carbons (Fsp3) is 0.128. The lowest BCUT2D eigenvalue weighted by atomic mass is 9.91. The monoisotopic (exact) mass is 705 g/mol. The summed E-state index contributed by atoms with van der Waals surface area (Å²) in [7, 11) is -3.50. The number of para-hydroxylation sites is 5. The smallest absolute Gasteiger partial charge is 0.210 e. The highest BCUT2D eigenvalue weighted by Gasteiger charge is 2.29. The molecule has 0 heterocycles. The van der Waals surface area contributed by atoms with Crippen LogP contribution in [0.4, 0.5) is 39.8 Å². The van der Waals surface area contributed by atoms with Crippen molar-refractivity contribution in [2.45, 2.75) is 39.3 Å². The van der Waals surface area contributed by atoms with Crippen molar-refractivity contribution in [1.82, 2.24) is 0 Å². The van der Waals surface area contributed by atoms with E-state index in [0.717, 1.165) is 22.7 Å². The molecular formula is C47H43N3Si2. The molecule has 0 fully saturated rings. The van der Waals surface area contributed by atoms with Crippen molar-refractivity contribution in [1.29, 1.82) is 0 Å². The molecule has 0 saturated carbocycles. The summed E-state index contributed by atoms with van der Waals surface area (Å²) in [4.78, 5) is 8.86. The van der Waals surface area contributed by atoms with Gasteiger partial charge in [-0.2, -0.15) is 0 Å². The summed E-state index contributed by atoms with van der Waals surface area (Å²) < 4.78 is 0. The summed E-state index contributed by atoms with van der Waals surface area (Å²) in [6.07, 6.45) is 0. The highest BCUT2D eigenvalue weighted by Crippen LogP contribution is 2.48. The average Bonchev–Trinajstić information content (AvgIpc) is 3.15. The highest BCUT2D eigenvalue weighted by atomic mass is 28.3. The molecule has 8 aromatic rings. The zero-order chi connectivity index (χ0) is 36.2. The first-order valence-electron chi connectivity index (χ1n) is 18.1. The molecule has 8 aromatic carbocycles. The van der Waals surface area contributed by atoms with Crippen LogP contribution in [0.5, 0.6) is 0 Å². The molecule has 0 saturated heterocycles. The van der Waals surface area contributed by atoms with Gasteiger partial charge >= 0.3 is 0 Å². The fourth-order valence-corrected chi connectivity index (χ4v) is 11.0. The summed E-state index contributed by atoms with van der Waals surface area (Å²) >= 11 is 0. The molecule has 0 aliphatic rings. The number of hydrogen-bond donors (Lipinski definition) is 0. The average molecular weight is 706 g/mol. The van der Waals surface area contributed by atoms with Crippen LogP contribution in [0, 0.1) is 6.57 Å². The second kappa shape index (κ2) is 12.8. The van der Waals surface area contributed by atoms with Crippen LogP contribution >= 0.6 is 0 Å². The van der Waals surface area contributed by atoms with Crippen LogP contribution < -0.4 is 20.2 Å². The number of benzene rings is 8. The van der Waals surface area contributed by atoms with Gasteiger partial charge in [-0.1, -0.05) is 148 Å². The number of rotatable bonds is 8. The van der Waals surface area contributed by atoms with E-state index in [0.29, 0.717) is 5.69 Å². The maximum atomic E-state index is 8.18. The van der Waals surface area contributed by atoms with Gasteiger partial charge in [0.05, 0.1) is 39.8 Å². The van der Waals surface area contributed by atoms with E-state index in [1.165, 1.54) is 54.1 Å². The van der Waals surface area contributed by atoms with Gasteiger partial charge in [-0.05, 0) is 74.4 Å². The topological polar surface area (TPSA) is 10.8 Å². The van der Waals surface area contributed by atoms with Crippen LogP contribution in [0.3, 0.4) is 0 Å². The van der Waals surface area contributed by atoms with Crippen molar-refractivity contribution >= 4 is 98.7 Å². The standard InChI is InChI=1S/C47H43N3Si2/c1-48-38-19-11-12-20-41(38)50(43-22-14-16-24-45(43)52(5,6)7)40-32-28-34-25-29-36-39(31-27-33-26-30-37(40)47(34)46(33)36)49(35-17-9-8-10-18-35)42-21-13-15-23-44(42)51(2,3)4/h8-32H,2-7H3. The van der Waals surface area contributed by atoms with E-state index in [4.69, 9.17) is 6.57 Å². The summed E-state index contributed by atoms with van der Waals surface area (Å²) in [5.41, 5.74) is 7.33. The Bertz CT molecular complexity index is 2630. The van der Waals surface area contributed by atoms with Gasteiger partial charge in [0.15, 0.2) is 0 Å². The Morgan fingerprint density at radius 2 is 0.827 bits per heavy atom. The molecule has 0 aliphatic heterocycles. The maximum Gasteiger partial charge on any atom is 0.210 e. The minimum atomic E-state index is -1.79. The normalized spacial score (nSPS) is 12.0. The Balaban J connectivity index is 1.45. The van der Waals surface area contributed by atoms with Gasteiger partial charge < -0.3 is 9.80 Å². The van der Waals surface area contributed by atoms with E-state index in [-0.39, 0.29) is 0 Å². The van der Waals surface area contributed by atoms with Gasteiger partial charge in [0.1, 0.15) is 0 Å². The fourth-order valence-electron chi connectivity index (χ4n) is 7.89. The molecule has 0 N–H and O–H groups in total. The minimum absolute atomic E-state index is 0.639. The predicted molar refractivity (Wildman–Crippen MR) is 232 cm³/mol. The molecule has 0 aromatic heterocycles. The lowest BCUT2D eigenvalue weighted by Crippen LogP contribution is -2.40. The van der Waals surface area contributed by atoms with Crippen LogP contribution in [-0.4, -0.2) is 16.1 Å². The number of anilines is 6. The highest BCUT2D eigenvalue weighted by molar-refractivity contribution is 6.90. The minimum Gasteiger partial charge on any atom is -0.320 e. The van der Waals surface area contributed by atoms with Crippen LogP contribution in [-0.2, 0) is 0 Å². The van der Waals surface area contributed by atoms with Crippen molar-refractivity contribution in [2.75, 3.05) is 9.80 Å². The Morgan fingerprint density at radius 1 is 0.404 bits per heavy atom. The molecule has 0 aliphatic carbocycles. The van der Waals surface area contributed by atoms with Crippen LogP contribution in [0.2, 0.25) is 39.3 Å². The van der Waals surface area contributed by atoms with Crippen molar-refractivity contribution in [3.8, 4) is 0 Å². The summed E-state index contributed by atoms with van der Waals surface area (Å²) in [6, 6.07) is 54.9. The van der Waals surface area contributed by atoms with E-state index >= 15 is 0 Å². The van der Waals surface area contributed by atoms with Crippen molar-refractivity contribution in [3.05, 3.63) is 163 Å². The molecule has 0 amide bonds. The molecule has 8 rings (SSSR count). The van der Waals surface area contributed by atoms with E-state index < -0.39 is 16.1 Å². The summed E-state index contributed by atoms with van der Waals surface area (Å²) in [5.74, 6) is 0.